The molecule has 63 heavy (non-hydrogen) atoms. The molecule has 2 aliphatic rings. The molecule has 0 bridgehead atoms. The number of anilines is 1. The van der Waals surface area contributed by atoms with Crippen LogP contribution in [0.2, 0.25) is 0 Å². The SMILES string of the molecule is CC(C)(COP(=O)(O)OP(=O)(O)OCC1OC(n2cnc3c(N)ncnc32)C(O)C1OP(=O)(O)O)C(O)C(=O)NCCC(=O)NCCSC(=O)/C=C/C=C/c1ccc2c(c1)OCO2. The van der Waals surface area contributed by atoms with Crippen molar-refractivity contribution in [3.05, 3.63) is 54.6 Å². The van der Waals surface area contributed by atoms with Gasteiger partial charge in [-0.1, -0.05) is 49.9 Å². The Morgan fingerprint density at radius 2 is 1.76 bits per heavy atom. The van der Waals surface area contributed by atoms with Crippen molar-refractivity contribution in [1.29, 1.82) is 0 Å². The molecule has 0 spiro atoms. The molecule has 30 heteroatoms. The van der Waals surface area contributed by atoms with Crippen LogP contribution in [0.3, 0.4) is 0 Å². The van der Waals surface area contributed by atoms with Crippen LogP contribution in [0.4, 0.5) is 5.82 Å². The predicted octanol–water partition coefficient (Wildman–Crippen LogP) is 0.663. The summed E-state index contributed by atoms with van der Waals surface area (Å²) < 4.78 is 72.9. The Bertz CT molecular complexity index is 2350. The number of ether oxygens (including phenoxy) is 3. The number of aliphatic hydroxyl groups excluding tert-OH is 2. The van der Waals surface area contributed by atoms with Crippen LogP contribution >= 0.6 is 35.2 Å². The molecule has 7 unspecified atom stereocenters. The second-order valence-electron chi connectivity index (χ2n) is 14.1. The van der Waals surface area contributed by atoms with E-state index in [0.717, 1.165) is 34.5 Å². The first-order chi connectivity index (χ1) is 29.5. The molecule has 5 rings (SSSR count). The van der Waals surface area contributed by atoms with Gasteiger partial charge in [0.2, 0.25) is 23.7 Å². The molecule has 0 radical (unpaired) electrons. The number of phosphoric acid groups is 3. The Hall–Kier alpha value is -4.14. The number of hydrogen-bond acceptors (Lipinski definition) is 20. The maximum Gasteiger partial charge on any atom is 0.481 e. The highest BCUT2D eigenvalue weighted by molar-refractivity contribution is 8.14. The van der Waals surface area contributed by atoms with Gasteiger partial charge in [-0.25, -0.2) is 28.6 Å². The Labute approximate surface area is 361 Å². The number of aliphatic hydroxyl groups is 2. The quantitative estimate of drug-likeness (QED) is 0.0289. The van der Waals surface area contributed by atoms with Gasteiger partial charge in [0.05, 0.1) is 19.5 Å². The number of nitrogen functional groups attached to an aromatic ring is 1. The number of nitrogens with one attached hydrogen (secondary N) is 2. The first-order valence-corrected chi connectivity index (χ1v) is 23.8. The molecule has 0 aliphatic carbocycles. The van der Waals surface area contributed by atoms with E-state index >= 15 is 0 Å². The zero-order chi connectivity index (χ0) is 46.2. The average Bonchev–Trinajstić information content (AvgIpc) is 3.93. The summed E-state index contributed by atoms with van der Waals surface area (Å²) in [6.45, 7) is 0.532. The number of rotatable bonds is 22. The third-order valence-electron chi connectivity index (χ3n) is 8.77. The number of amides is 2. The fourth-order valence-corrected chi connectivity index (χ4v) is 9.06. The number of imidazole rings is 1. The number of thioether (sulfide) groups is 1. The average molecular weight is 968 g/mol. The molecule has 3 aromatic rings. The lowest BCUT2D eigenvalue weighted by molar-refractivity contribution is -0.137. The maximum absolute atomic E-state index is 12.7. The number of aromatic nitrogens is 4. The van der Waals surface area contributed by atoms with Crippen LogP contribution in [0.1, 0.15) is 32.1 Å². The minimum atomic E-state index is -5.59. The number of nitrogens with two attached hydrogens (primary N) is 1. The van der Waals surface area contributed by atoms with Crippen molar-refractivity contribution >= 4 is 75.2 Å². The number of nitrogens with zero attached hydrogens (tertiary/aromatic N) is 4. The number of carbonyl (C=O) groups is 3. The molecule has 10 N–H and O–H groups in total. The largest absolute Gasteiger partial charge is 0.481 e. The van der Waals surface area contributed by atoms with Crippen LogP contribution < -0.4 is 25.8 Å². The van der Waals surface area contributed by atoms with Crippen molar-refractivity contribution in [3.63, 3.8) is 0 Å². The summed E-state index contributed by atoms with van der Waals surface area (Å²) in [7, 11) is -16.4. The molecule has 346 valence electrons. The molecule has 2 amide bonds. The summed E-state index contributed by atoms with van der Waals surface area (Å²) in [6, 6.07) is 5.43. The lowest BCUT2D eigenvalue weighted by Crippen LogP contribution is -2.46. The van der Waals surface area contributed by atoms with Crippen LogP contribution in [-0.4, -0.2) is 130 Å². The van der Waals surface area contributed by atoms with Gasteiger partial charge in [0.1, 0.15) is 36.3 Å². The molecule has 26 nitrogen and oxygen atoms in total. The molecule has 0 saturated carbocycles. The zero-order valence-electron chi connectivity index (χ0n) is 33.1. The van der Waals surface area contributed by atoms with E-state index < -0.39 is 84.6 Å². The van der Waals surface area contributed by atoms with Crippen LogP contribution in [0.15, 0.2) is 49.1 Å². The Morgan fingerprint density at radius 3 is 2.51 bits per heavy atom. The highest BCUT2D eigenvalue weighted by Crippen LogP contribution is 2.61. The molecule has 7 atom stereocenters. The molecule has 1 saturated heterocycles. The number of fused-ring (bicyclic) bond motifs is 2. The molecule has 1 aromatic carbocycles. The fraction of sp³-hybridized carbons (Fsp3) is 0.455. The number of phosphoric ester groups is 3. The van der Waals surface area contributed by atoms with E-state index in [1.54, 1.807) is 30.4 Å². The monoisotopic (exact) mass is 967 g/mol. The van der Waals surface area contributed by atoms with Gasteiger partial charge in [0.15, 0.2) is 29.2 Å². The highest BCUT2D eigenvalue weighted by Gasteiger charge is 2.50. The third-order valence-corrected chi connectivity index (χ3v) is 12.7. The molecule has 4 heterocycles. The second kappa shape index (κ2) is 21.2. The Morgan fingerprint density at radius 1 is 1.03 bits per heavy atom. The summed E-state index contributed by atoms with van der Waals surface area (Å²) in [5.74, 6) is 0.0522. The van der Waals surface area contributed by atoms with Gasteiger partial charge in [0, 0.05) is 30.7 Å². The van der Waals surface area contributed by atoms with Crippen LogP contribution in [0, 0.1) is 5.41 Å². The zero-order valence-corrected chi connectivity index (χ0v) is 36.6. The topological polar surface area (TPSA) is 382 Å². The summed E-state index contributed by atoms with van der Waals surface area (Å²) >= 11 is 0.976. The van der Waals surface area contributed by atoms with Gasteiger partial charge in [0.25, 0.3) is 0 Å². The van der Waals surface area contributed by atoms with Gasteiger partial charge >= 0.3 is 23.5 Å². The minimum absolute atomic E-state index is 0.0252. The summed E-state index contributed by atoms with van der Waals surface area (Å²) in [4.78, 5) is 88.0. The molecular formula is C33H44N7O19P3S. The second-order valence-corrected chi connectivity index (χ2v) is 19.4. The van der Waals surface area contributed by atoms with E-state index in [-0.39, 0.29) is 54.2 Å². The van der Waals surface area contributed by atoms with E-state index in [2.05, 4.69) is 34.4 Å². The molecule has 2 aromatic heterocycles. The van der Waals surface area contributed by atoms with Gasteiger partial charge in [-0.05, 0) is 23.8 Å². The smallest absolute Gasteiger partial charge is 0.454 e. The minimum Gasteiger partial charge on any atom is -0.454 e. The number of allylic oxidation sites excluding steroid dienone is 2. The number of carbonyl (C=O) groups excluding carboxylic acids is 3. The first-order valence-electron chi connectivity index (χ1n) is 18.3. The molecule has 2 aliphatic heterocycles. The standard InChI is InChI=1S/C33H44N7O19P3S/c1-33(2,28(44)31(45)36-10-9-23(41)35-11-12-63-24(42)6-4-3-5-19-7-8-20-21(13-19)54-18-53-20)15-56-62(51,52)59-61(49,50)55-14-22-27(58-60(46,47)48)26(43)32(57-22)40-17-39-25-29(34)37-16-38-30(25)40/h3-8,13,16-17,22,26-28,32,43-44H,9-12,14-15,18H2,1-2H3,(H,35,41)(H,36,45)(H,49,50)(H,51,52)(H2,34,37,38)(H2,46,47,48)/b5-3+,6-4+. The maximum atomic E-state index is 12.7. The third kappa shape index (κ3) is 14.4. The van der Waals surface area contributed by atoms with Crippen molar-refractivity contribution in [2.45, 2.75) is 50.9 Å². The van der Waals surface area contributed by atoms with E-state index in [9.17, 15) is 57.9 Å². The van der Waals surface area contributed by atoms with E-state index in [1.165, 1.54) is 19.9 Å². The van der Waals surface area contributed by atoms with Gasteiger partial charge in [-0.2, -0.15) is 4.31 Å². The van der Waals surface area contributed by atoms with Gasteiger partial charge < -0.3 is 60.4 Å². The van der Waals surface area contributed by atoms with Gasteiger partial charge in [-0.3, -0.25) is 32.5 Å². The summed E-state index contributed by atoms with van der Waals surface area (Å²) in [5, 5.41) is 26.2. The first kappa shape index (κ1) is 49.9. The lowest BCUT2D eigenvalue weighted by atomic mass is 9.87. The lowest BCUT2D eigenvalue weighted by Gasteiger charge is -2.30. The summed E-state index contributed by atoms with van der Waals surface area (Å²) in [6.07, 6.45) is -0.579. The molecule has 1 fully saturated rings. The van der Waals surface area contributed by atoms with Crippen LogP contribution in [-0.2, 0) is 50.7 Å². The predicted molar refractivity (Wildman–Crippen MR) is 218 cm³/mol. The van der Waals surface area contributed by atoms with Gasteiger partial charge in [-0.15, -0.1) is 0 Å². The van der Waals surface area contributed by atoms with Crippen LogP contribution in [0.5, 0.6) is 11.5 Å². The van der Waals surface area contributed by atoms with E-state index in [1.807, 2.05) is 6.07 Å². The van der Waals surface area contributed by atoms with E-state index in [4.69, 9.17) is 29.0 Å². The summed E-state index contributed by atoms with van der Waals surface area (Å²) in [5.41, 5.74) is 5.10. The van der Waals surface area contributed by atoms with Crippen molar-refractivity contribution in [3.8, 4) is 11.5 Å². The fourth-order valence-electron chi connectivity index (χ4n) is 5.65. The normalized spacial score (nSPS) is 21.4. The van der Waals surface area contributed by atoms with Crippen molar-refractivity contribution in [1.82, 2.24) is 30.2 Å². The number of benzene rings is 1. The van der Waals surface area contributed by atoms with Crippen molar-refractivity contribution in [2.75, 3.05) is 44.6 Å². The highest BCUT2D eigenvalue weighted by atomic mass is 32.2. The van der Waals surface area contributed by atoms with Crippen LogP contribution in [0.25, 0.3) is 17.2 Å². The van der Waals surface area contributed by atoms with Crippen molar-refractivity contribution in [2.24, 2.45) is 5.41 Å². The Balaban J connectivity index is 1.00. The van der Waals surface area contributed by atoms with Crippen molar-refractivity contribution < 1.29 is 90.0 Å². The number of hydrogen-bond donors (Lipinski definition) is 9. The Kier molecular flexibility index (Phi) is 16.8. The van der Waals surface area contributed by atoms with E-state index in [0.29, 0.717) is 11.5 Å². The molecular weight excluding hydrogens is 923 g/mol.